The Hall–Kier alpha value is -4.13. The summed E-state index contributed by atoms with van der Waals surface area (Å²) in [6.07, 6.45) is -0.254. The van der Waals surface area contributed by atoms with Crippen LogP contribution in [0.4, 0.5) is 4.79 Å². The Morgan fingerprint density at radius 2 is 1.12 bits per heavy atom. The molecule has 3 amide bonds. The molecule has 0 aliphatic rings. The van der Waals surface area contributed by atoms with Crippen LogP contribution in [0.3, 0.4) is 0 Å². The molecular formula is C26H27N3O4. The van der Waals surface area contributed by atoms with Gasteiger partial charge in [-0.15, -0.1) is 0 Å². The second-order valence-corrected chi connectivity index (χ2v) is 7.60. The van der Waals surface area contributed by atoms with Gasteiger partial charge in [-0.2, -0.15) is 0 Å². The van der Waals surface area contributed by atoms with Crippen molar-refractivity contribution in [3.05, 3.63) is 108 Å². The fraction of sp³-hybridized carbons (Fsp3) is 0.192. The van der Waals surface area contributed by atoms with Crippen molar-refractivity contribution in [3.63, 3.8) is 0 Å². The number of carbonyl (C=O) groups excluding carboxylic acids is 3. The van der Waals surface area contributed by atoms with Crippen LogP contribution in [0.1, 0.15) is 16.7 Å². The molecule has 0 fully saturated rings. The summed E-state index contributed by atoms with van der Waals surface area (Å²) in [5.74, 6) is -1.17. The molecule has 0 aromatic heterocycles. The lowest BCUT2D eigenvalue weighted by Gasteiger charge is -2.22. The molecule has 0 unspecified atom stereocenters. The predicted octanol–water partition coefficient (Wildman–Crippen LogP) is 2.74. The molecule has 0 radical (unpaired) electrons. The molecule has 33 heavy (non-hydrogen) atoms. The van der Waals surface area contributed by atoms with Gasteiger partial charge >= 0.3 is 6.09 Å². The molecule has 0 aliphatic carbocycles. The van der Waals surface area contributed by atoms with Crippen LogP contribution in [0.5, 0.6) is 0 Å². The number of ether oxygens (including phenoxy) is 1. The smallest absolute Gasteiger partial charge is 0.408 e. The minimum absolute atomic E-state index is 0.0737. The topological polar surface area (TPSA) is 111 Å². The van der Waals surface area contributed by atoms with E-state index in [1.807, 2.05) is 91.0 Å². The molecule has 0 saturated carbocycles. The third kappa shape index (κ3) is 7.81. The summed E-state index contributed by atoms with van der Waals surface area (Å²) in [5.41, 5.74) is 8.07. The molecular weight excluding hydrogens is 418 g/mol. The Labute approximate surface area is 193 Å². The average molecular weight is 446 g/mol. The highest BCUT2D eigenvalue weighted by atomic mass is 16.5. The summed E-state index contributed by atoms with van der Waals surface area (Å²) in [6.45, 7) is 0.0737. The first-order chi connectivity index (χ1) is 16.0. The maximum atomic E-state index is 13.1. The first-order valence-electron chi connectivity index (χ1n) is 10.7. The normalized spacial score (nSPS) is 12.2. The largest absolute Gasteiger partial charge is 0.445 e. The van der Waals surface area contributed by atoms with Crippen molar-refractivity contribution in [3.8, 4) is 0 Å². The molecule has 7 heteroatoms. The fourth-order valence-electron chi connectivity index (χ4n) is 3.31. The number of amides is 3. The van der Waals surface area contributed by atoms with Gasteiger partial charge in [0.15, 0.2) is 0 Å². The van der Waals surface area contributed by atoms with E-state index in [4.69, 9.17) is 10.5 Å². The van der Waals surface area contributed by atoms with Gasteiger partial charge in [-0.25, -0.2) is 4.79 Å². The lowest BCUT2D eigenvalue weighted by Crippen LogP contribution is -2.54. The summed E-state index contributed by atoms with van der Waals surface area (Å²) in [6, 6.07) is 25.9. The minimum atomic E-state index is -0.951. The van der Waals surface area contributed by atoms with E-state index in [2.05, 4.69) is 10.6 Å². The summed E-state index contributed by atoms with van der Waals surface area (Å²) >= 11 is 0. The highest BCUT2D eigenvalue weighted by molar-refractivity contribution is 5.91. The van der Waals surface area contributed by atoms with Gasteiger partial charge in [0.2, 0.25) is 11.8 Å². The summed E-state index contributed by atoms with van der Waals surface area (Å²) in [5, 5.41) is 5.30. The monoisotopic (exact) mass is 445 g/mol. The molecule has 170 valence electrons. The number of nitrogens with two attached hydrogens (primary N) is 1. The van der Waals surface area contributed by atoms with Gasteiger partial charge in [0.25, 0.3) is 0 Å². The van der Waals surface area contributed by atoms with Crippen LogP contribution >= 0.6 is 0 Å². The lowest BCUT2D eigenvalue weighted by atomic mass is 10.0. The van der Waals surface area contributed by atoms with E-state index in [9.17, 15) is 14.4 Å². The zero-order chi connectivity index (χ0) is 23.5. The second kappa shape index (κ2) is 12.0. The van der Waals surface area contributed by atoms with Gasteiger partial charge in [-0.3, -0.25) is 9.59 Å². The van der Waals surface area contributed by atoms with Gasteiger partial charge in [0, 0.05) is 12.8 Å². The molecule has 3 rings (SSSR count). The van der Waals surface area contributed by atoms with Crippen LogP contribution in [0.2, 0.25) is 0 Å². The maximum absolute atomic E-state index is 13.1. The number of hydrogen-bond donors (Lipinski definition) is 3. The molecule has 0 saturated heterocycles. The molecule has 2 atom stereocenters. The molecule has 3 aromatic carbocycles. The number of benzene rings is 3. The van der Waals surface area contributed by atoms with Crippen molar-refractivity contribution in [1.82, 2.24) is 10.6 Å². The number of carbonyl (C=O) groups is 3. The van der Waals surface area contributed by atoms with E-state index in [0.29, 0.717) is 0 Å². The SMILES string of the molecule is NC(=O)[C@@H](Cc1ccccc1)NC(=O)[C@@H](Cc1ccccc1)NC(=O)OCc1ccccc1. The summed E-state index contributed by atoms with van der Waals surface area (Å²) in [7, 11) is 0. The van der Waals surface area contributed by atoms with E-state index in [1.54, 1.807) is 0 Å². The quantitative estimate of drug-likeness (QED) is 0.446. The van der Waals surface area contributed by atoms with Crippen LogP contribution in [-0.2, 0) is 33.8 Å². The molecule has 7 nitrogen and oxygen atoms in total. The number of alkyl carbamates (subject to hydrolysis) is 1. The summed E-state index contributed by atoms with van der Waals surface area (Å²) in [4.78, 5) is 37.5. The van der Waals surface area contributed by atoms with Crippen molar-refractivity contribution in [2.45, 2.75) is 31.5 Å². The third-order valence-electron chi connectivity index (χ3n) is 5.05. The molecule has 0 aliphatic heterocycles. The lowest BCUT2D eigenvalue weighted by molar-refractivity contribution is -0.128. The molecule has 0 bridgehead atoms. The Morgan fingerprint density at radius 3 is 1.61 bits per heavy atom. The van der Waals surface area contributed by atoms with Crippen molar-refractivity contribution in [2.75, 3.05) is 0 Å². The van der Waals surface area contributed by atoms with Crippen molar-refractivity contribution in [2.24, 2.45) is 5.73 Å². The third-order valence-corrected chi connectivity index (χ3v) is 5.05. The molecule has 3 aromatic rings. The highest BCUT2D eigenvalue weighted by Gasteiger charge is 2.26. The summed E-state index contributed by atoms with van der Waals surface area (Å²) < 4.78 is 5.27. The van der Waals surface area contributed by atoms with Crippen LogP contribution < -0.4 is 16.4 Å². The molecule has 0 heterocycles. The van der Waals surface area contributed by atoms with Gasteiger partial charge in [-0.1, -0.05) is 91.0 Å². The zero-order valence-electron chi connectivity index (χ0n) is 18.1. The fourth-order valence-corrected chi connectivity index (χ4v) is 3.31. The van der Waals surface area contributed by atoms with Gasteiger partial charge in [0.05, 0.1) is 0 Å². The first kappa shape index (κ1) is 23.5. The number of primary amides is 1. The Morgan fingerprint density at radius 1 is 0.667 bits per heavy atom. The molecule has 4 N–H and O–H groups in total. The predicted molar refractivity (Wildman–Crippen MR) is 125 cm³/mol. The molecule has 0 spiro atoms. The van der Waals surface area contributed by atoms with Crippen molar-refractivity contribution in [1.29, 1.82) is 0 Å². The van der Waals surface area contributed by atoms with Gasteiger partial charge < -0.3 is 21.1 Å². The average Bonchev–Trinajstić information content (AvgIpc) is 2.84. The van der Waals surface area contributed by atoms with Crippen LogP contribution in [-0.4, -0.2) is 30.0 Å². The zero-order valence-corrected chi connectivity index (χ0v) is 18.1. The second-order valence-electron chi connectivity index (χ2n) is 7.60. The number of nitrogens with one attached hydrogen (secondary N) is 2. The van der Waals surface area contributed by atoms with E-state index < -0.39 is 30.0 Å². The van der Waals surface area contributed by atoms with Crippen LogP contribution in [0.15, 0.2) is 91.0 Å². The standard InChI is InChI=1S/C26H27N3O4/c27-24(30)22(16-19-10-4-1-5-11-19)28-25(31)23(17-20-12-6-2-7-13-20)29-26(32)33-18-21-14-8-3-9-15-21/h1-15,22-23H,16-18H2,(H2,27,30)(H,28,31)(H,29,32)/t22-,23-/m1/s1. The van der Waals surface area contributed by atoms with E-state index >= 15 is 0 Å². The van der Waals surface area contributed by atoms with Crippen LogP contribution in [0.25, 0.3) is 0 Å². The first-order valence-corrected chi connectivity index (χ1v) is 10.7. The van der Waals surface area contributed by atoms with Gasteiger partial charge in [0.1, 0.15) is 18.7 Å². The van der Waals surface area contributed by atoms with E-state index in [1.165, 1.54) is 0 Å². The van der Waals surface area contributed by atoms with Crippen molar-refractivity contribution >= 4 is 17.9 Å². The Bertz CT molecular complexity index is 1040. The number of hydrogen-bond acceptors (Lipinski definition) is 4. The van der Waals surface area contributed by atoms with E-state index in [-0.39, 0.29) is 19.4 Å². The Balaban J connectivity index is 1.68. The minimum Gasteiger partial charge on any atom is -0.445 e. The van der Waals surface area contributed by atoms with Gasteiger partial charge in [-0.05, 0) is 16.7 Å². The number of rotatable bonds is 10. The van der Waals surface area contributed by atoms with Crippen molar-refractivity contribution < 1.29 is 19.1 Å². The maximum Gasteiger partial charge on any atom is 0.408 e. The van der Waals surface area contributed by atoms with Crippen LogP contribution in [0, 0.1) is 0 Å². The van der Waals surface area contributed by atoms with E-state index in [0.717, 1.165) is 16.7 Å². The Kier molecular flexibility index (Phi) is 8.59. The highest BCUT2D eigenvalue weighted by Crippen LogP contribution is 2.08.